The summed E-state index contributed by atoms with van der Waals surface area (Å²) in [6.07, 6.45) is 0. The predicted molar refractivity (Wildman–Crippen MR) is 134 cm³/mol. The zero-order valence-corrected chi connectivity index (χ0v) is 20.2. The number of aromatic nitrogens is 4. The van der Waals surface area contributed by atoms with Gasteiger partial charge >= 0.3 is 0 Å². The van der Waals surface area contributed by atoms with Gasteiger partial charge in [0.25, 0.3) is 5.56 Å². The van der Waals surface area contributed by atoms with Crippen LogP contribution < -0.4 is 15.0 Å². The lowest BCUT2D eigenvalue weighted by Crippen LogP contribution is -2.21. The summed E-state index contributed by atoms with van der Waals surface area (Å²) in [5.74, 6) is 2.22. The van der Waals surface area contributed by atoms with E-state index in [-0.39, 0.29) is 5.56 Å². The first kappa shape index (κ1) is 22.7. The molecule has 0 N–H and O–H groups in total. The Balaban J connectivity index is 1.50. The van der Waals surface area contributed by atoms with Crippen molar-refractivity contribution in [1.82, 2.24) is 19.7 Å². The van der Waals surface area contributed by atoms with Gasteiger partial charge in [0, 0.05) is 0 Å². The molecule has 9 heteroatoms. The van der Waals surface area contributed by atoms with Gasteiger partial charge in [0.2, 0.25) is 11.7 Å². The van der Waals surface area contributed by atoms with E-state index in [1.165, 1.54) is 11.8 Å². The van der Waals surface area contributed by atoms with E-state index in [0.29, 0.717) is 50.6 Å². The normalized spacial score (nSPS) is 11.1. The predicted octanol–water partition coefficient (Wildman–Crippen LogP) is 5.05. The van der Waals surface area contributed by atoms with Gasteiger partial charge in [-0.1, -0.05) is 52.8 Å². The summed E-state index contributed by atoms with van der Waals surface area (Å²) in [7, 11) is 3.14. The second kappa shape index (κ2) is 9.63. The number of hydrogen-bond acceptors (Lipinski definition) is 8. The standard InChI is InChI=1S/C26H22N4O4S/c1-16-11-13-17(14-12-16)30-25(31)18-7-4-5-9-20(18)27-26(30)35-15-22-28-24(29-34-22)19-8-6-10-21(32-2)23(19)33-3/h4-14H,15H2,1-3H3. The molecule has 0 atom stereocenters. The Hall–Kier alpha value is -4.11. The molecule has 0 aliphatic heterocycles. The lowest BCUT2D eigenvalue weighted by atomic mass is 10.2. The van der Waals surface area contributed by atoms with Gasteiger partial charge in [-0.05, 0) is 43.3 Å². The highest BCUT2D eigenvalue weighted by atomic mass is 32.2. The Morgan fingerprint density at radius 2 is 1.74 bits per heavy atom. The molecule has 0 bridgehead atoms. The van der Waals surface area contributed by atoms with Crippen LogP contribution in [0.4, 0.5) is 0 Å². The third-order valence-electron chi connectivity index (χ3n) is 5.47. The zero-order valence-electron chi connectivity index (χ0n) is 19.4. The van der Waals surface area contributed by atoms with E-state index in [0.717, 1.165) is 11.3 Å². The van der Waals surface area contributed by atoms with Crippen molar-refractivity contribution in [1.29, 1.82) is 0 Å². The zero-order chi connectivity index (χ0) is 24.4. The second-order valence-corrected chi connectivity index (χ2v) is 8.67. The number of ether oxygens (including phenoxy) is 2. The molecule has 2 aromatic heterocycles. The number of nitrogens with zero attached hydrogens (tertiary/aromatic N) is 4. The number of fused-ring (bicyclic) bond motifs is 1. The quantitative estimate of drug-likeness (QED) is 0.233. The van der Waals surface area contributed by atoms with Crippen LogP contribution in [0.2, 0.25) is 0 Å². The minimum absolute atomic E-state index is 0.130. The maximum absolute atomic E-state index is 13.4. The van der Waals surface area contributed by atoms with Crippen LogP contribution >= 0.6 is 11.8 Å². The van der Waals surface area contributed by atoms with Crippen molar-refractivity contribution in [3.8, 4) is 28.6 Å². The van der Waals surface area contributed by atoms with Gasteiger partial charge in [-0.15, -0.1) is 0 Å². The summed E-state index contributed by atoms with van der Waals surface area (Å²) in [4.78, 5) is 22.7. The van der Waals surface area contributed by atoms with Crippen molar-refractivity contribution in [3.05, 3.63) is 88.5 Å². The van der Waals surface area contributed by atoms with Crippen molar-refractivity contribution in [2.45, 2.75) is 17.8 Å². The summed E-state index contributed by atoms with van der Waals surface area (Å²) in [6.45, 7) is 2.01. The average Bonchev–Trinajstić information content (AvgIpc) is 3.36. The number of thioether (sulfide) groups is 1. The number of aryl methyl sites for hydroxylation is 1. The fraction of sp³-hybridized carbons (Fsp3) is 0.154. The van der Waals surface area contributed by atoms with E-state index in [1.807, 2.05) is 61.5 Å². The molecule has 0 radical (unpaired) electrons. The van der Waals surface area contributed by atoms with Crippen LogP contribution in [0, 0.1) is 6.92 Å². The maximum Gasteiger partial charge on any atom is 0.266 e. The van der Waals surface area contributed by atoms with E-state index in [2.05, 4.69) is 10.1 Å². The Kier molecular flexibility index (Phi) is 6.24. The molecule has 35 heavy (non-hydrogen) atoms. The average molecular weight is 487 g/mol. The van der Waals surface area contributed by atoms with Gasteiger partial charge in [-0.25, -0.2) is 4.98 Å². The van der Waals surface area contributed by atoms with Crippen LogP contribution in [0.3, 0.4) is 0 Å². The van der Waals surface area contributed by atoms with Crippen molar-refractivity contribution >= 4 is 22.7 Å². The molecule has 2 heterocycles. The monoisotopic (exact) mass is 486 g/mol. The molecule has 5 rings (SSSR count). The SMILES string of the molecule is COc1cccc(-c2noc(CSc3nc4ccccc4c(=O)n3-c3ccc(C)cc3)n2)c1OC. The van der Waals surface area contributed by atoms with Crippen molar-refractivity contribution in [2.24, 2.45) is 0 Å². The van der Waals surface area contributed by atoms with Gasteiger partial charge in [0.05, 0.1) is 42.1 Å². The van der Waals surface area contributed by atoms with Crippen molar-refractivity contribution in [3.63, 3.8) is 0 Å². The Labute approximate surface area is 205 Å². The fourth-order valence-corrected chi connectivity index (χ4v) is 4.59. The maximum atomic E-state index is 13.4. The fourth-order valence-electron chi connectivity index (χ4n) is 3.74. The summed E-state index contributed by atoms with van der Waals surface area (Å²) >= 11 is 1.35. The molecule has 0 amide bonds. The molecule has 176 valence electrons. The van der Waals surface area contributed by atoms with Crippen LogP contribution in [-0.2, 0) is 5.75 Å². The second-order valence-electron chi connectivity index (χ2n) is 7.73. The molecular formula is C26H22N4O4S. The summed E-state index contributed by atoms with van der Waals surface area (Å²) in [5.41, 5.74) is 3.02. The van der Waals surface area contributed by atoms with E-state index < -0.39 is 0 Å². The topological polar surface area (TPSA) is 92.3 Å². The Morgan fingerprint density at radius 3 is 2.51 bits per heavy atom. The summed E-state index contributed by atoms with van der Waals surface area (Å²) in [5, 5.41) is 5.21. The van der Waals surface area contributed by atoms with Gasteiger partial charge in [-0.3, -0.25) is 9.36 Å². The smallest absolute Gasteiger partial charge is 0.266 e. The third-order valence-corrected chi connectivity index (χ3v) is 6.40. The molecule has 0 spiro atoms. The molecule has 0 saturated carbocycles. The molecule has 5 aromatic rings. The van der Waals surface area contributed by atoms with Gasteiger partial charge in [0.1, 0.15) is 0 Å². The first-order chi connectivity index (χ1) is 17.1. The molecule has 0 saturated heterocycles. The molecule has 3 aromatic carbocycles. The van der Waals surface area contributed by atoms with Crippen molar-refractivity contribution < 1.29 is 14.0 Å². The Bertz CT molecular complexity index is 1560. The van der Waals surface area contributed by atoms with E-state index in [1.54, 1.807) is 30.9 Å². The molecule has 0 aliphatic rings. The number of methoxy groups -OCH3 is 2. The third kappa shape index (κ3) is 4.38. The van der Waals surface area contributed by atoms with Gasteiger partial charge in [-0.2, -0.15) is 4.98 Å². The molecule has 8 nitrogen and oxygen atoms in total. The molecule has 0 unspecified atom stereocenters. The van der Waals surface area contributed by atoms with Crippen LogP contribution in [0.15, 0.2) is 81.2 Å². The first-order valence-electron chi connectivity index (χ1n) is 10.8. The highest BCUT2D eigenvalue weighted by Crippen LogP contribution is 2.36. The first-order valence-corrected chi connectivity index (χ1v) is 11.8. The van der Waals surface area contributed by atoms with E-state index in [9.17, 15) is 4.79 Å². The van der Waals surface area contributed by atoms with Crippen LogP contribution in [-0.4, -0.2) is 33.9 Å². The molecule has 0 aliphatic carbocycles. The van der Waals surface area contributed by atoms with Crippen molar-refractivity contribution in [2.75, 3.05) is 14.2 Å². The molecular weight excluding hydrogens is 464 g/mol. The van der Waals surface area contributed by atoms with Crippen LogP contribution in [0.5, 0.6) is 11.5 Å². The van der Waals surface area contributed by atoms with E-state index >= 15 is 0 Å². The summed E-state index contributed by atoms with van der Waals surface area (Å²) in [6, 6.07) is 20.6. The minimum atomic E-state index is -0.130. The number of rotatable bonds is 7. The van der Waals surface area contributed by atoms with Gasteiger partial charge in [0.15, 0.2) is 16.7 Å². The number of hydrogen-bond donors (Lipinski definition) is 0. The minimum Gasteiger partial charge on any atom is -0.493 e. The highest BCUT2D eigenvalue weighted by molar-refractivity contribution is 7.98. The van der Waals surface area contributed by atoms with Gasteiger partial charge < -0.3 is 14.0 Å². The van der Waals surface area contributed by atoms with Crippen LogP contribution in [0.1, 0.15) is 11.5 Å². The Morgan fingerprint density at radius 1 is 0.943 bits per heavy atom. The lowest BCUT2D eigenvalue weighted by Gasteiger charge is -2.13. The lowest BCUT2D eigenvalue weighted by molar-refractivity contribution is 0.355. The highest BCUT2D eigenvalue weighted by Gasteiger charge is 2.18. The largest absolute Gasteiger partial charge is 0.493 e. The number of para-hydroxylation sites is 2. The molecule has 0 fully saturated rings. The summed E-state index contributed by atoms with van der Waals surface area (Å²) < 4.78 is 18.0. The number of benzene rings is 3. The van der Waals surface area contributed by atoms with E-state index in [4.69, 9.17) is 19.0 Å². The van der Waals surface area contributed by atoms with Crippen LogP contribution in [0.25, 0.3) is 28.0 Å².